The van der Waals surface area contributed by atoms with Crippen molar-refractivity contribution < 1.29 is 14.3 Å². The van der Waals surface area contributed by atoms with Crippen molar-refractivity contribution in [1.29, 1.82) is 0 Å². The normalized spacial score (nSPS) is 26.7. The number of carbonyl (C=O) groups excluding carboxylic acids is 2. The first kappa shape index (κ1) is 13.8. The first-order chi connectivity index (χ1) is 9.46. The molecule has 2 heterocycles. The molecule has 1 spiro atoms. The van der Waals surface area contributed by atoms with Gasteiger partial charge in [0.25, 0.3) is 5.91 Å². The van der Waals surface area contributed by atoms with Crippen LogP contribution in [0.3, 0.4) is 0 Å². The third kappa shape index (κ3) is 2.29. The van der Waals surface area contributed by atoms with Gasteiger partial charge in [-0.15, -0.1) is 0 Å². The number of rotatable bonds is 4. The minimum atomic E-state index is -0.741. The molecule has 7 heteroatoms. The molecule has 0 aromatic heterocycles. The molecule has 3 rings (SSSR count). The van der Waals surface area contributed by atoms with Crippen molar-refractivity contribution in [3.05, 3.63) is 0 Å². The largest absolute Gasteiger partial charge is 0.393 e. The van der Waals surface area contributed by atoms with Crippen LogP contribution in [0.15, 0.2) is 0 Å². The Kier molecular flexibility index (Phi) is 3.21. The van der Waals surface area contributed by atoms with E-state index < -0.39 is 5.54 Å². The fraction of sp³-hybridized carbons (Fsp3) is 0.769. The van der Waals surface area contributed by atoms with E-state index >= 15 is 0 Å². The van der Waals surface area contributed by atoms with Crippen LogP contribution in [0.2, 0.25) is 0 Å². The number of hydrogen-bond acceptors (Lipinski definition) is 4. The monoisotopic (exact) mass is 297 g/mol. The van der Waals surface area contributed by atoms with Gasteiger partial charge in [0.15, 0.2) is 0 Å². The van der Waals surface area contributed by atoms with Gasteiger partial charge in [0.2, 0.25) is 0 Å². The van der Waals surface area contributed by atoms with E-state index in [1.807, 2.05) is 0 Å². The molecule has 0 bridgehead atoms. The Balaban J connectivity index is 1.73. The maximum atomic E-state index is 12.6. The van der Waals surface area contributed by atoms with Gasteiger partial charge < -0.3 is 15.8 Å². The van der Waals surface area contributed by atoms with E-state index in [0.717, 1.165) is 12.8 Å². The average molecular weight is 297 g/mol. The van der Waals surface area contributed by atoms with Gasteiger partial charge in [0, 0.05) is 39.0 Å². The van der Waals surface area contributed by atoms with Gasteiger partial charge in [0.1, 0.15) is 5.54 Å². The van der Waals surface area contributed by atoms with Crippen LogP contribution in [-0.4, -0.2) is 47.1 Å². The maximum absolute atomic E-state index is 12.6. The predicted octanol–water partition coefficient (Wildman–Crippen LogP) is 0.544. The molecule has 3 amide bonds. The highest BCUT2D eigenvalue weighted by atomic mass is 32.1. The predicted molar refractivity (Wildman–Crippen MR) is 76.1 cm³/mol. The lowest BCUT2D eigenvalue weighted by molar-refractivity contribution is -0.135. The Bertz CT molecular complexity index is 469. The van der Waals surface area contributed by atoms with Crippen molar-refractivity contribution in [3.63, 3.8) is 0 Å². The highest BCUT2D eigenvalue weighted by Crippen LogP contribution is 2.50. The first-order valence-electron chi connectivity index (χ1n) is 6.97. The molecule has 0 atom stereocenters. The van der Waals surface area contributed by atoms with E-state index in [1.165, 1.54) is 4.90 Å². The Morgan fingerprint density at radius 1 is 1.30 bits per heavy atom. The molecule has 0 radical (unpaired) electrons. The molecule has 3 fully saturated rings. The van der Waals surface area contributed by atoms with Gasteiger partial charge in [-0.1, -0.05) is 12.2 Å². The summed E-state index contributed by atoms with van der Waals surface area (Å²) in [6, 6.07) is -0.286. The molecule has 2 aliphatic heterocycles. The van der Waals surface area contributed by atoms with Crippen LogP contribution in [-0.2, 0) is 9.53 Å². The van der Waals surface area contributed by atoms with E-state index in [9.17, 15) is 9.59 Å². The molecule has 1 saturated carbocycles. The summed E-state index contributed by atoms with van der Waals surface area (Å²) in [7, 11) is 0. The molecule has 3 N–H and O–H groups in total. The van der Waals surface area contributed by atoms with E-state index in [0.29, 0.717) is 44.0 Å². The molecule has 0 aromatic rings. The van der Waals surface area contributed by atoms with Gasteiger partial charge >= 0.3 is 6.03 Å². The molecular formula is C13H19N3O3S. The Morgan fingerprint density at radius 2 is 1.95 bits per heavy atom. The Labute approximate surface area is 123 Å². The van der Waals surface area contributed by atoms with Crippen molar-refractivity contribution in [2.45, 2.75) is 37.6 Å². The molecule has 0 aromatic carbocycles. The van der Waals surface area contributed by atoms with Crippen LogP contribution in [0.5, 0.6) is 0 Å². The molecular weight excluding hydrogens is 278 g/mol. The minimum Gasteiger partial charge on any atom is -0.393 e. The van der Waals surface area contributed by atoms with Gasteiger partial charge in [-0.3, -0.25) is 9.69 Å². The number of imide groups is 1. The van der Waals surface area contributed by atoms with Crippen LogP contribution in [0.25, 0.3) is 0 Å². The standard InChI is InChI=1S/C13H19N3O3S/c14-9(20)7-12(1-2-12)8-16-10(17)13(15-11(16)18)3-5-19-6-4-13/h1-8H2,(H2,14,20)(H,15,18). The number of nitrogens with one attached hydrogen (secondary N) is 1. The summed E-state index contributed by atoms with van der Waals surface area (Å²) in [5.41, 5.74) is 4.79. The van der Waals surface area contributed by atoms with Gasteiger partial charge in [-0.2, -0.15) is 0 Å². The van der Waals surface area contributed by atoms with Crippen LogP contribution >= 0.6 is 12.2 Å². The van der Waals surface area contributed by atoms with E-state index in [1.54, 1.807) is 0 Å². The lowest BCUT2D eigenvalue weighted by Gasteiger charge is -2.30. The zero-order chi connectivity index (χ0) is 14.4. The topological polar surface area (TPSA) is 84.7 Å². The quantitative estimate of drug-likeness (QED) is 0.584. The van der Waals surface area contributed by atoms with Gasteiger partial charge in [-0.05, 0) is 18.3 Å². The summed E-state index contributed by atoms with van der Waals surface area (Å²) in [4.78, 5) is 26.6. The zero-order valence-electron chi connectivity index (χ0n) is 11.3. The summed E-state index contributed by atoms with van der Waals surface area (Å²) >= 11 is 4.96. The minimum absolute atomic E-state index is 0.0739. The first-order valence-corrected chi connectivity index (χ1v) is 7.37. The fourth-order valence-corrected chi connectivity index (χ4v) is 3.46. The number of amides is 3. The average Bonchev–Trinajstić information content (AvgIpc) is 3.10. The smallest absolute Gasteiger partial charge is 0.325 e. The van der Waals surface area contributed by atoms with Crippen LogP contribution < -0.4 is 11.1 Å². The zero-order valence-corrected chi connectivity index (χ0v) is 12.1. The summed E-state index contributed by atoms with van der Waals surface area (Å²) in [6.07, 6.45) is 3.65. The lowest BCUT2D eigenvalue weighted by atomic mass is 9.90. The van der Waals surface area contributed by atoms with E-state index in [2.05, 4.69) is 5.32 Å². The summed E-state index contributed by atoms with van der Waals surface area (Å²) in [5.74, 6) is -0.111. The van der Waals surface area contributed by atoms with Crippen molar-refractivity contribution in [1.82, 2.24) is 10.2 Å². The van der Waals surface area contributed by atoms with E-state index in [-0.39, 0.29) is 17.4 Å². The number of carbonyl (C=O) groups is 2. The van der Waals surface area contributed by atoms with Gasteiger partial charge in [-0.25, -0.2) is 4.79 Å². The fourth-order valence-electron chi connectivity index (χ4n) is 3.15. The summed E-state index contributed by atoms with van der Waals surface area (Å²) in [6.45, 7) is 1.45. The summed E-state index contributed by atoms with van der Waals surface area (Å²) < 4.78 is 5.29. The second-order valence-electron chi connectivity index (χ2n) is 6.16. The molecule has 3 aliphatic rings. The van der Waals surface area contributed by atoms with Crippen molar-refractivity contribution >= 4 is 29.1 Å². The molecule has 20 heavy (non-hydrogen) atoms. The number of urea groups is 1. The third-order valence-electron chi connectivity index (χ3n) is 4.59. The van der Waals surface area contributed by atoms with Gasteiger partial charge in [0.05, 0.1) is 4.99 Å². The highest BCUT2D eigenvalue weighted by molar-refractivity contribution is 7.80. The number of nitrogens with zero attached hydrogens (tertiary/aromatic N) is 1. The molecule has 2 saturated heterocycles. The molecule has 1 aliphatic carbocycles. The molecule has 110 valence electrons. The highest BCUT2D eigenvalue weighted by Gasteiger charge is 2.55. The van der Waals surface area contributed by atoms with E-state index in [4.69, 9.17) is 22.7 Å². The molecule has 0 unspecified atom stereocenters. The maximum Gasteiger partial charge on any atom is 0.325 e. The van der Waals surface area contributed by atoms with Crippen molar-refractivity contribution in [2.75, 3.05) is 19.8 Å². The number of ether oxygens (including phenoxy) is 1. The second-order valence-corrected chi connectivity index (χ2v) is 6.68. The molecule has 6 nitrogen and oxygen atoms in total. The SMILES string of the molecule is NC(=S)CC1(CN2C(=O)NC3(CCOCC3)C2=O)CC1. The van der Waals surface area contributed by atoms with Crippen LogP contribution in [0.1, 0.15) is 32.1 Å². The number of nitrogens with two attached hydrogens (primary N) is 1. The lowest BCUT2D eigenvalue weighted by Crippen LogP contribution is -2.51. The van der Waals surface area contributed by atoms with Crippen LogP contribution in [0, 0.1) is 5.41 Å². The second kappa shape index (κ2) is 4.66. The number of thiocarbonyl (C=S) groups is 1. The Hall–Kier alpha value is -1.21. The Morgan fingerprint density at radius 3 is 2.50 bits per heavy atom. The van der Waals surface area contributed by atoms with Crippen molar-refractivity contribution in [3.8, 4) is 0 Å². The van der Waals surface area contributed by atoms with Crippen LogP contribution in [0.4, 0.5) is 4.79 Å². The summed E-state index contributed by atoms with van der Waals surface area (Å²) in [5, 5.41) is 2.87. The number of hydrogen-bond donors (Lipinski definition) is 2. The van der Waals surface area contributed by atoms with Crippen molar-refractivity contribution in [2.24, 2.45) is 11.1 Å². The third-order valence-corrected chi connectivity index (χ3v) is 4.74.